The summed E-state index contributed by atoms with van der Waals surface area (Å²) < 4.78 is 28.0. The zero-order valence-electron chi connectivity index (χ0n) is 12.8. The summed E-state index contributed by atoms with van der Waals surface area (Å²) in [6.07, 6.45) is 1.22. The Morgan fingerprint density at radius 1 is 1.30 bits per heavy atom. The number of para-hydroxylation sites is 1. The maximum Gasteiger partial charge on any atom is 0.150 e. The largest absolute Gasteiger partial charge is 0.492 e. The number of rotatable bonds is 8. The highest BCUT2D eigenvalue weighted by Crippen LogP contribution is 2.23. The lowest BCUT2D eigenvalue weighted by Crippen LogP contribution is -2.20. The molecule has 0 fully saturated rings. The minimum Gasteiger partial charge on any atom is -0.492 e. The summed E-state index contributed by atoms with van der Waals surface area (Å²) in [6.45, 7) is 8.16. The zero-order chi connectivity index (χ0) is 15.2. The minimum atomic E-state index is -2.99. The first-order valence-electron chi connectivity index (χ1n) is 6.89. The van der Waals surface area contributed by atoms with Crippen molar-refractivity contribution >= 4 is 9.84 Å². The van der Waals surface area contributed by atoms with Crippen LogP contribution in [0.3, 0.4) is 0 Å². The predicted molar refractivity (Wildman–Crippen MR) is 82.9 cm³/mol. The summed E-state index contributed by atoms with van der Waals surface area (Å²) >= 11 is 0. The summed E-state index contributed by atoms with van der Waals surface area (Å²) in [6, 6.07) is 5.98. The molecule has 0 aliphatic rings. The molecular weight excluding hydrogens is 274 g/mol. The average Bonchev–Trinajstić information content (AvgIpc) is 2.30. The number of hydrogen-bond acceptors (Lipinski definition) is 4. The number of benzene rings is 1. The first-order chi connectivity index (χ1) is 9.29. The molecule has 0 heterocycles. The van der Waals surface area contributed by atoms with Crippen molar-refractivity contribution in [3.05, 3.63) is 29.3 Å². The molecule has 1 aromatic carbocycles. The molecule has 0 radical (unpaired) electrons. The lowest BCUT2D eigenvalue weighted by atomic mass is 10.1. The lowest BCUT2D eigenvalue weighted by Gasteiger charge is -2.15. The molecule has 114 valence electrons. The predicted octanol–water partition coefficient (Wildman–Crippen LogP) is 2.16. The van der Waals surface area contributed by atoms with Crippen LogP contribution in [0.15, 0.2) is 18.2 Å². The second kappa shape index (κ2) is 7.64. The fourth-order valence-corrected chi connectivity index (χ4v) is 2.24. The Balaban J connectivity index is 2.67. The van der Waals surface area contributed by atoms with E-state index in [0.29, 0.717) is 5.92 Å². The van der Waals surface area contributed by atoms with Crippen molar-refractivity contribution in [1.29, 1.82) is 0 Å². The molecule has 0 spiro atoms. The third-order valence-electron chi connectivity index (χ3n) is 2.86. The molecule has 1 aromatic rings. The lowest BCUT2D eigenvalue weighted by molar-refractivity contribution is 0.333. The standard InChI is InChI=1S/C15H25NO3S/c1-12(2)10-16-11-14-7-5-6-13(3)15(14)19-8-9-20(4,17)18/h5-7,12,16H,8-11H2,1-4H3. The van der Waals surface area contributed by atoms with Crippen LogP contribution in [0.25, 0.3) is 0 Å². The quantitative estimate of drug-likeness (QED) is 0.799. The van der Waals surface area contributed by atoms with E-state index in [1.165, 1.54) is 6.26 Å². The van der Waals surface area contributed by atoms with Gasteiger partial charge in [-0.1, -0.05) is 32.0 Å². The van der Waals surface area contributed by atoms with Gasteiger partial charge in [0.25, 0.3) is 0 Å². The van der Waals surface area contributed by atoms with Crippen molar-refractivity contribution in [1.82, 2.24) is 5.32 Å². The van der Waals surface area contributed by atoms with E-state index >= 15 is 0 Å². The van der Waals surface area contributed by atoms with Gasteiger partial charge < -0.3 is 10.1 Å². The molecule has 0 aromatic heterocycles. The number of aryl methyl sites for hydroxylation is 1. The fraction of sp³-hybridized carbons (Fsp3) is 0.600. The topological polar surface area (TPSA) is 55.4 Å². The summed E-state index contributed by atoms with van der Waals surface area (Å²) in [7, 11) is -2.99. The molecule has 0 aliphatic carbocycles. The van der Waals surface area contributed by atoms with Gasteiger partial charge in [0.1, 0.15) is 12.4 Å². The molecule has 1 N–H and O–H groups in total. The Morgan fingerprint density at radius 2 is 2.00 bits per heavy atom. The Kier molecular flexibility index (Phi) is 6.49. The smallest absolute Gasteiger partial charge is 0.150 e. The summed E-state index contributed by atoms with van der Waals surface area (Å²) in [4.78, 5) is 0. The monoisotopic (exact) mass is 299 g/mol. The highest BCUT2D eigenvalue weighted by molar-refractivity contribution is 7.90. The van der Waals surface area contributed by atoms with E-state index in [2.05, 4.69) is 19.2 Å². The van der Waals surface area contributed by atoms with E-state index in [4.69, 9.17) is 4.74 Å². The van der Waals surface area contributed by atoms with Crippen molar-refractivity contribution in [2.75, 3.05) is 25.2 Å². The second-order valence-electron chi connectivity index (χ2n) is 5.57. The Bertz CT molecular complexity index is 524. The molecule has 0 unspecified atom stereocenters. The molecule has 0 amide bonds. The number of ether oxygens (including phenoxy) is 1. The van der Waals surface area contributed by atoms with Crippen molar-refractivity contribution in [2.45, 2.75) is 27.3 Å². The molecule has 20 heavy (non-hydrogen) atoms. The highest BCUT2D eigenvalue weighted by Gasteiger charge is 2.09. The van der Waals surface area contributed by atoms with Gasteiger partial charge in [-0.05, 0) is 24.9 Å². The van der Waals surface area contributed by atoms with Crippen LogP contribution in [0.2, 0.25) is 0 Å². The molecule has 0 saturated carbocycles. The van der Waals surface area contributed by atoms with Crippen molar-refractivity contribution in [3.63, 3.8) is 0 Å². The maximum absolute atomic E-state index is 11.1. The first kappa shape index (κ1) is 17.0. The van der Waals surface area contributed by atoms with Crippen molar-refractivity contribution in [3.8, 4) is 5.75 Å². The molecular formula is C15H25NO3S. The van der Waals surface area contributed by atoms with Gasteiger partial charge in [0.2, 0.25) is 0 Å². The van der Waals surface area contributed by atoms with E-state index in [1.54, 1.807) is 0 Å². The van der Waals surface area contributed by atoms with Gasteiger partial charge in [-0.3, -0.25) is 0 Å². The Hall–Kier alpha value is -1.07. The van der Waals surface area contributed by atoms with E-state index in [1.807, 2.05) is 25.1 Å². The van der Waals surface area contributed by atoms with Crippen LogP contribution >= 0.6 is 0 Å². The van der Waals surface area contributed by atoms with Gasteiger partial charge >= 0.3 is 0 Å². The Morgan fingerprint density at radius 3 is 2.60 bits per heavy atom. The third-order valence-corrected chi connectivity index (χ3v) is 3.77. The van der Waals surface area contributed by atoms with E-state index in [0.717, 1.165) is 30.0 Å². The van der Waals surface area contributed by atoms with Gasteiger partial charge in [0.15, 0.2) is 9.84 Å². The molecule has 0 aliphatic heterocycles. The minimum absolute atomic E-state index is 0.0419. The molecule has 0 atom stereocenters. The number of nitrogens with one attached hydrogen (secondary N) is 1. The average molecular weight is 299 g/mol. The molecule has 5 heteroatoms. The van der Waals surface area contributed by atoms with Crippen LogP contribution in [0.4, 0.5) is 0 Å². The Labute approximate surface area is 122 Å². The fourth-order valence-electron chi connectivity index (χ4n) is 1.85. The van der Waals surface area contributed by atoms with E-state index in [9.17, 15) is 8.42 Å². The van der Waals surface area contributed by atoms with Gasteiger partial charge in [0.05, 0.1) is 5.75 Å². The highest BCUT2D eigenvalue weighted by atomic mass is 32.2. The van der Waals surface area contributed by atoms with Gasteiger partial charge in [0, 0.05) is 18.4 Å². The van der Waals surface area contributed by atoms with Crippen molar-refractivity contribution < 1.29 is 13.2 Å². The van der Waals surface area contributed by atoms with Gasteiger partial charge in [-0.15, -0.1) is 0 Å². The normalized spacial score (nSPS) is 11.8. The number of hydrogen-bond donors (Lipinski definition) is 1. The number of sulfone groups is 1. The van der Waals surface area contributed by atoms with E-state index < -0.39 is 9.84 Å². The molecule has 4 nitrogen and oxygen atoms in total. The van der Waals surface area contributed by atoms with Crippen LogP contribution in [0, 0.1) is 12.8 Å². The molecule has 0 bridgehead atoms. The molecule has 1 rings (SSSR count). The first-order valence-corrected chi connectivity index (χ1v) is 8.95. The SMILES string of the molecule is Cc1cccc(CNCC(C)C)c1OCCS(C)(=O)=O. The zero-order valence-corrected chi connectivity index (χ0v) is 13.6. The van der Waals surface area contributed by atoms with Crippen LogP contribution in [-0.2, 0) is 16.4 Å². The molecule has 0 saturated heterocycles. The van der Waals surface area contributed by atoms with Crippen LogP contribution in [0.5, 0.6) is 5.75 Å². The van der Waals surface area contributed by atoms with Crippen LogP contribution < -0.4 is 10.1 Å². The van der Waals surface area contributed by atoms with Gasteiger partial charge in [-0.25, -0.2) is 8.42 Å². The van der Waals surface area contributed by atoms with Crippen molar-refractivity contribution in [2.24, 2.45) is 5.92 Å². The third kappa shape index (κ3) is 6.39. The van der Waals surface area contributed by atoms with Crippen LogP contribution in [0.1, 0.15) is 25.0 Å². The summed E-state index contributed by atoms with van der Waals surface area (Å²) in [5.74, 6) is 1.43. The summed E-state index contributed by atoms with van der Waals surface area (Å²) in [5.41, 5.74) is 2.10. The maximum atomic E-state index is 11.1. The van der Waals surface area contributed by atoms with E-state index in [-0.39, 0.29) is 12.4 Å². The van der Waals surface area contributed by atoms with Gasteiger partial charge in [-0.2, -0.15) is 0 Å². The second-order valence-corrected chi connectivity index (χ2v) is 7.83. The van der Waals surface area contributed by atoms with Crippen LogP contribution in [-0.4, -0.2) is 33.6 Å². The summed E-state index contributed by atoms with van der Waals surface area (Å²) in [5, 5.41) is 3.38.